The smallest absolute Gasteiger partial charge is 0.257 e. The number of halogens is 1. The Morgan fingerprint density at radius 2 is 1.81 bits per heavy atom. The Morgan fingerprint density at radius 1 is 1.07 bits per heavy atom. The molecule has 136 valence electrons. The van der Waals surface area contributed by atoms with E-state index in [-0.39, 0.29) is 5.91 Å². The summed E-state index contributed by atoms with van der Waals surface area (Å²) >= 11 is 3.42. The van der Waals surface area contributed by atoms with Crippen LogP contribution in [0.5, 0.6) is 0 Å². The zero-order valence-electron chi connectivity index (χ0n) is 14.8. The first-order valence-corrected chi connectivity index (χ1v) is 9.23. The average molecular weight is 423 g/mol. The van der Waals surface area contributed by atoms with E-state index in [0.717, 1.165) is 21.3 Å². The molecule has 0 unspecified atom stereocenters. The third kappa shape index (κ3) is 5.76. The fourth-order valence-electron chi connectivity index (χ4n) is 2.40. The Morgan fingerprint density at radius 3 is 2.52 bits per heavy atom. The Hall–Kier alpha value is -2.99. The Kier molecular flexibility index (Phi) is 6.33. The minimum Gasteiger partial charge on any atom is -0.326 e. The van der Waals surface area contributed by atoms with Gasteiger partial charge in [0, 0.05) is 28.1 Å². The second-order valence-electron chi connectivity index (χ2n) is 5.98. The van der Waals surface area contributed by atoms with Crippen molar-refractivity contribution >= 4 is 33.5 Å². The predicted molar refractivity (Wildman–Crippen MR) is 112 cm³/mol. The number of aliphatic imine (C=N–C) groups is 1. The second-order valence-corrected chi connectivity index (χ2v) is 6.89. The van der Waals surface area contributed by atoms with Crippen molar-refractivity contribution in [3.05, 3.63) is 94.2 Å². The molecule has 1 aromatic heterocycles. The van der Waals surface area contributed by atoms with Crippen molar-refractivity contribution in [3.8, 4) is 0 Å². The molecule has 2 N–H and O–H groups in total. The molecule has 0 aliphatic carbocycles. The van der Waals surface area contributed by atoms with E-state index >= 15 is 0 Å². The van der Waals surface area contributed by atoms with Crippen LogP contribution in [0.25, 0.3) is 0 Å². The molecule has 0 atom stereocenters. The number of guanidine groups is 1. The van der Waals surface area contributed by atoms with E-state index in [2.05, 4.69) is 36.5 Å². The van der Waals surface area contributed by atoms with Gasteiger partial charge in [-0.05, 0) is 61.0 Å². The maximum absolute atomic E-state index is 12.6. The third-order valence-electron chi connectivity index (χ3n) is 3.79. The summed E-state index contributed by atoms with van der Waals surface area (Å²) in [6.07, 6.45) is 3.44. The molecular weight excluding hydrogens is 404 g/mol. The van der Waals surface area contributed by atoms with Crippen LogP contribution < -0.4 is 10.6 Å². The van der Waals surface area contributed by atoms with Crippen molar-refractivity contribution in [1.82, 2.24) is 10.3 Å². The summed E-state index contributed by atoms with van der Waals surface area (Å²) in [6.45, 7) is 2.38. The molecule has 6 heteroatoms. The van der Waals surface area contributed by atoms with E-state index in [1.807, 2.05) is 61.5 Å². The average Bonchev–Trinajstić information content (AvgIpc) is 2.68. The van der Waals surface area contributed by atoms with Crippen LogP contribution in [0.1, 0.15) is 21.5 Å². The molecule has 1 heterocycles. The molecular formula is C21H19BrN4O. The molecule has 0 saturated heterocycles. The van der Waals surface area contributed by atoms with Crippen LogP contribution in [-0.4, -0.2) is 16.9 Å². The van der Waals surface area contributed by atoms with E-state index < -0.39 is 0 Å². The van der Waals surface area contributed by atoms with Gasteiger partial charge < -0.3 is 5.32 Å². The van der Waals surface area contributed by atoms with Gasteiger partial charge in [0.15, 0.2) is 0 Å². The number of pyridine rings is 1. The van der Waals surface area contributed by atoms with Crippen molar-refractivity contribution in [3.63, 3.8) is 0 Å². The van der Waals surface area contributed by atoms with Crippen molar-refractivity contribution in [2.75, 3.05) is 5.32 Å². The van der Waals surface area contributed by atoms with Crippen LogP contribution >= 0.6 is 15.9 Å². The molecule has 2 aromatic carbocycles. The minimum atomic E-state index is -0.211. The number of nitrogens with zero attached hydrogens (tertiary/aromatic N) is 2. The lowest BCUT2D eigenvalue weighted by atomic mass is 10.1. The van der Waals surface area contributed by atoms with Gasteiger partial charge in [0.2, 0.25) is 5.96 Å². The monoisotopic (exact) mass is 422 g/mol. The highest BCUT2D eigenvalue weighted by Crippen LogP contribution is 2.14. The van der Waals surface area contributed by atoms with Gasteiger partial charge in [0.05, 0.1) is 6.54 Å². The normalized spacial score (nSPS) is 11.1. The first kappa shape index (κ1) is 18.8. The fraction of sp³-hybridized carbons (Fsp3) is 0.0952. The van der Waals surface area contributed by atoms with Crippen LogP contribution in [0.15, 0.2) is 82.5 Å². The Labute approximate surface area is 166 Å². The van der Waals surface area contributed by atoms with Gasteiger partial charge >= 0.3 is 0 Å². The van der Waals surface area contributed by atoms with E-state index in [1.54, 1.807) is 18.5 Å². The first-order chi connectivity index (χ1) is 13.1. The van der Waals surface area contributed by atoms with Crippen LogP contribution in [0.4, 0.5) is 5.69 Å². The van der Waals surface area contributed by atoms with Crippen molar-refractivity contribution in [2.45, 2.75) is 13.5 Å². The molecule has 0 bridgehead atoms. The van der Waals surface area contributed by atoms with Crippen molar-refractivity contribution in [2.24, 2.45) is 4.99 Å². The van der Waals surface area contributed by atoms with Crippen molar-refractivity contribution < 1.29 is 4.79 Å². The van der Waals surface area contributed by atoms with E-state index in [0.29, 0.717) is 18.1 Å². The minimum absolute atomic E-state index is 0.211. The molecule has 27 heavy (non-hydrogen) atoms. The highest BCUT2D eigenvalue weighted by Gasteiger charge is 2.09. The summed E-state index contributed by atoms with van der Waals surface area (Å²) < 4.78 is 0.979. The third-order valence-corrected chi connectivity index (χ3v) is 4.32. The van der Waals surface area contributed by atoms with E-state index in [4.69, 9.17) is 0 Å². The van der Waals surface area contributed by atoms with Crippen LogP contribution in [0.2, 0.25) is 0 Å². The summed E-state index contributed by atoms with van der Waals surface area (Å²) in [6, 6.07) is 18.9. The number of hydrogen-bond acceptors (Lipinski definition) is 3. The number of aromatic nitrogens is 1. The zero-order valence-corrected chi connectivity index (χ0v) is 16.4. The van der Waals surface area contributed by atoms with E-state index in [1.165, 1.54) is 0 Å². The Balaban J connectivity index is 1.79. The van der Waals surface area contributed by atoms with Gasteiger partial charge in [-0.2, -0.15) is 0 Å². The zero-order chi connectivity index (χ0) is 19.1. The summed E-state index contributed by atoms with van der Waals surface area (Å²) in [7, 11) is 0. The number of aryl methyl sites for hydroxylation is 1. The molecule has 0 saturated carbocycles. The van der Waals surface area contributed by atoms with Gasteiger partial charge in [0.1, 0.15) is 0 Å². The number of nitrogens with one attached hydrogen (secondary N) is 2. The molecule has 3 rings (SSSR count). The fourth-order valence-corrected chi connectivity index (χ4v) is 2.67. The Bertz CT molecular complexity index is 940. The van der Waals surface area contributed by atoms with Gasteiger partial charge in [-0.15, -0.1) is 0 Å². The highest BCUT2D eigenvalue weighted by molar-refractivity contribution is 9.10. The molecule has 1 amide bonds. The van der Waals surface area contributed by atoms with Crippen LogP contribution in [0.3, 0.4) is 0 Å². The van der Waals surface area contributed by atoms with E-state index in [9.17, 15) is 4.79 Å². The summed E-state index contributed by atoms with van der Waals surface area (Å²) in [5.41, 5.74) is 3.45. The highest BCUT2D eigenvalue weighted by atomic mass is 79.9. The number of hydrogen-bond donors (Lipinski definition) is 2. The number of benzene rings is 2. The standard InChI is InChI=1S/C21H19BrN4O/c1-15-3-2-4-17(13-15)20(27)26-21(24-14-16-9-11-23-12-10-16)25-19-7-5-18(22)6-8-19/h2-13H,14H2,1H3,(H2,24,25,26,27). The molecule has 0 aliphatic heterocycles. The van der Waals surface area contributed by atoms with Gasteiger partial charge in [0.25, 0.3) is 5.91 Å². The number of rotatable bonds is 4. The van der Waals surface area contributed by atoms with Crippen LogP contribution in [0, 0.1) is 6.92 Å². The van der Waals surface area contributed by atoms with Crippen molar-refractivity contribution in [1.29, 1.82) is 0 Å². The number of carbonyl (C=O) groups excluding carboxylic acids is 1. The topological polar surface area (TPSA) is 66.4 Å². The molecule has 0 radical (unpaired) electrons. The predicted octanol–water partition coefficient (Wildman–Crippen LogP) is 4.55. The summed E-state index contributed by atoms with van der Waals surface area (Å²) in [4.78, 5) is 21.2. The first-order valence-electron chi connectivity index (χ1n) is 8.44. The second kappa shape index (κ2) is 9.09. The number of anilines is 1. The number of carbonyl (C=O) groups is 1. The number of amides is 1. The quantitative estimate of drug-likeness (QED) is 0.478. The summed E-state index contributed by atoms with van der Waals surface area (Å²) in [5.74, 6) is 0.178. The lowest BCUT2D eigenvalue weighted by Gasteiger charge is -2.12. The van der Waals surface area contributed by atoms with Gasteiger partial charge in [-0.3, -0.25) is 15.1 Å². The molecule has 5 nitrogen and oxygen atoms in total. The van der Waals surface area contributed by atoms with Gasteiger partial charge in [-0.25, -0.2) is 4.99 Å². The maximum Gasteiger partial charge on any atom is 0.257 e. The molecule has 0 aliphatic rings. The molecule has 3 aromatic rings. The maximum atomic E-state index is 12.6. The lowest BCUT2D eigenvalue weighted by molar-refractivity contribution is 0.0977. The molecule has 0 fully saturated rings. The van der Waals surface area contributed by atoms with Gasteiger partial charge in [-0.1, -0.05) is 33.6 Å². The molecule has 0 spiro atoms. The lowest BCUT2D eigenvalue weighted by Crippen LogP contribution is -2.36. The van der Waals surface area contributed by atoms with Crippen LogP contribution in [-0.2, 0) is 6.54 Å². The SMILES string of the molecule is Cc1cccc(C(=O)NC(=NCc2ccncc2)Nc2ccc(Br)cc2)c1. The summed E-state index contributed by atoms with van der Waals surface area (Å²) in [5, 5.41) is 6.04. The largest absolute Gasteiger partial charge is 0.326 e.